The van der Waals surface area contributed by atoms with E-state index in [4.69, 9.17) is 5.26 Å². The van der Waals surface area contributed by atoms with Gasteiger partial charge in [0.2, 0.25) is 0 Å². The molecule has 1 rings (SSSR count). The molecule has 1 aromatic heterocycles. The smallest absolute Gasteiger partial charge is 0.103 e. The fourth-order valence-electron chi connectivity index (χ4n) is 0.971. The summed E-state index contributed by atoms with van der Waals surface area (Å²) in [6.45, 7) is 7.21. The van der Waals surface area contributed by atoms with Crippen molar-refractivity contribution in [2.45, 2.75) is 0 Å². The molecule has 3 nitrogen and oxygen atoms in total. The van der Waals surface area contributed by atoms with E-state index < -0.39 is 0 Å². The summed E-state index contributed by atoms with van der Waals surface area (Å²) >= 11 is 0. The fraction of sp³-hybridized carbons (Fsp3) is 0. The molecule has 0 spiro atoms. The maximum absolute atomic E-state index is 8.72. The van der Waals surface area contributed by atoms with Crippen molar-refractivity contribution in [3.63, 3.8) is 0 Å². The lowest BCUT2D eigenvalue weighted by Gasteiger charge is -1.95. The second-order valence-electron chi connectivity index (χ2n) is 2.33. The summed E-state index contributed by atoms with van der Waals surface area (Å²) in [6, 6.07) is 2.03. The molecule has 0 bridgehead atoms. The van der Waals surface area contributed by atoms with Gasteiger partial charge < -0.3 is 0 Å². The predicted octanol–water partition coefficient (Wildman–Crippen LogP) is 2.04. The van der Waals surface area contributed by atoms with Gasteiger partial charge in [-0.05, 0) is 0 Å². The topological polar surface area (TPSA) is 52.5 Å². The average molecular weight is 171 g/mol. The molecule has 1 heterocycles. The Kier molecular flexibility index (Phi) is 2.82. The van der Waals surface area contributed by atoms with E-state index in [-0.39, 0.29) is 0 Å². The van der Waals surface area contributed by atoms with E-state index in [0.717, 1.165) is 5.57 Å². The number of nitrogens with zero attached hydrogens (tertiary/aromatic N) is 2. The number of nitriles is 1. The highest BCUT2D eigenvalue weighted by atomic mass is 15.1. The molecule has 0 radical (unpaired) electrons. The summed E-state index contributed by atoms with van der Waals surface area (Å²) in [6.07, 6.45) is 6.53. The second kappa shape index (κ2) is 4.07. The van der Waals surface area contributed by atoms with Gasteiger partial charge in [-0.3, -0.25) is 5.10 Å². The number of hydrogen-bond acceptors (Lipinski definition) is 2. The van der Waals surface area contributed by atoms with Crippen molar-refractivity contribution >= 4 is 5.57 Å². The third-order valence-electron chi connectivity index (χ3n) is 1.57. The number of hydrogen-bond donors (Lipinski definition) is 1. The minimum absolute atomic E-state index is 0.507. The van der Waals surface area contributed by atoms with Crippen LogP contribution < -0.4 is 0 Å². The van der Waals surface area contributed by atoms with Gasteiger partial charge in [-0.25, -0.2) is 0 Å². The van der Waals surface area contributed by atoms with Crippen LogP contribution in [0.4, 0.5) is 0 Å². The average Bonchev–Trinajstić information content (AvgIpc) is 2.61. The van der Waals surface area contributed by atoms with Gasteiger partial charge in [0.05, 0.1) is 17.5 Å². The molecule has 0 aliphatic carbocycles. The largest absolute Gasteiger partial charge is 0.276 e. The normalized spacial score (nSPS) is 10.5. The van der Waals surface area contributed by atoms with Crippen LogP contribution in [0.2, 0.25) is 0 Å². The Labute approximate surface area is 76.7 Å². The van der Waals surface area contributed by atoms with E-state index >= 15 is 0 Å². The molecule has 0 unspecified atom stereocenters. The molecule has 1 aromatic rings. The summed E-state index contributed by atoms with van der Waals surface area (Å²) < 4.78 is 0. The molecular weight excluding hydrogens is 162 g/mol. The maximum Gasteiger partial charge on any atom is 0.103 e. The van der Waals surface area contributed by atoms with E-state index in [1.807, 2.05) is 6.07 Å². The van der Waals surface area contributed by atoms with Crippen LogP contribution in [0.5, 0.6) is 0 Å². The van der Waals surface area contributed by atoms with Crippen LogP contribution >= 0.6 is 0 Å². The fourth-order valence-corrected chi connectivity index (χ4v) is 0.971. The molecule has 0 aliphatic rings. The van der Waals surface area contributed by atoms with Crippen molar-refractivity contribution in [1.29, 1.82) is 5.26 Å². The van der Waals surface area contributed by atoms with Crippen molar-refractivity contribution in [3.8, 4) is 6.07 Å². The van der Waals surface area contributed by atoms with Crippen LogP contribution in [-0.2, 0) is 0 Å². The number of aromatic amines is 1. The third-order valence-corrected chi connectivity index (χ3v) is 1.57. The predicted molar refractivity (Wildman–Crippen MR) is 51.7 cm³/mol. The van der Waals surface area contributed by atoms with E-state index in [1.54, 1.807) is 18.2 Å². The Hall–Kier alpha value is -2.08. The molecule has 0 saturated carbocycles. The quantitative estimate of drug-likeness (QED) is 0.707. The Balaban J connectivity index is 3.20. The van der Waals surface area contributed by atoms with Gasteiger partial charge >= 0.3 is 0 Å². The van der Waals surface area contributed by atoms with Crippen LogP contribution in [0.15, 0.2) is 37.6 Å². The Bertz CT molecular complexity index is 391. The molecular formula is C10H9N3. The number of allylic oxidation sites excluding steroid dienone is 4. The molecule has 0 aromatic carbocycles. The first-order chi connectivity index (χ1) is 6.33. The van der Waals surface area contributed by atoms with Crippen LogP contribution in [0, 0.1) is 11.3 Å². The number of aromatic nitrogens is 2. The molecule has 0 saturated heterocycles. The van der Waals surface area contributed by atoms with Crippen LogP contribution in [0.3, 0.4) is 0 Å². The van der Waals surface area contributed by atoms with Gasteiger partial charge in [0, 0.05) is 5.57 Å². The number of nitrogens with one attached hydrogen (secondary N) is 1. The zero-order valence-corrected chi connectivity index (χ0v) is 7.12. The molecule has 0 aliphatic heterocycles. The highest BCUT2D eigenvalue weighted by Crippen LogP contribution is 2.16. The lowest BCUT2D eigenvalue weighted by atomic mass is 10.1. The molecule has 1 N–H and O–H groups in total. The van der Waals surface area contributed by atoms with Gasteiger partial charge in [-0.15, -0.1) is 0 Å². The maximum atomic E-state index is 8.72. The van der Waals surface area contributed by atoms with Crippen molar-refractivity contribution in [1.82, 2.24) is 10.2 Å². The van der Waals surface area contributed by atoms with Gasteiger partial charge in [0.15, 0.2) is 0 Å². The Morgan fingerprint density at radius 1 is 1.62 bits per heavy atom. The van der Waals surface area contributed by atoms with Crippen LogP contribution in [0.25, 0.3) is 5.57 Å². The number of H-pyrrole nitrogens is 1. The van der Waals surface area contributed by atoms with Gasteiger partial charge in [0.1, 0.15) is 6.07 Å². The van der Waals surface area contributed by atoms with E-state index in [1.165, 1.54) is 6.20 Å². The minimum atomic E-state index is 0.507. The van der Waals surface area contributed by atoms with Crippen molar-refractivity contribution < 1.29 is 0 Å². The first-order valence-corrected chi connectivity index (χ1v) is 3.72. The summed E-state index contributed by atoms with van der Waals surface area (Å²) in [5.41, 5.74) is 1.99. The molecule has 13 heavy (non-hydrogen) atoms. The summed E-state index contributed by atoms with van der Waals surface area (Å²) in [4.78, 5) is 0. The van der Waals surface area contributed by atoms with Crippen LogP contribution in [-0.4, -0.2) is 10.2 Å². The summed E-state index contributed by atoms with van der Waals surface area (Å²) in [7, 11) is 0. The van der Waals surface area contributed by atoms with E-state index in [9.17, 15) is 0 Å². The Morgan fingerprint density at radius 2 is 2.38 bits per heavy atom. The zero-order chi connectivity index (χ0) is 9.68. The van der Waals surface area contributed by atoms with Crippen molar-refractivity contribution in [2.24, 2.45) is 0 Å². The zero-order valence-electron chi connectivity index (χ0n) is 7.12. The Morgan fingerprint density at radius 3 is 2.92 bits per heavy atom. The highest BCUT2D eigenvalue weighted by molar-refractivity contribution is 5.75. The molecule has 3 heteroatoms. The van der Waals surface area contributed by atoms with Crippen molar-refractivity contribution in [2.75, 3.05) is 0 Å². The number of rotatable bonds is 3. The second-order valence-corrected chi connectivity index (χ2v) is 2.33. The lowest BCUT2D eigenvalue weighted by molar-refractivity contribution is 1.08. The van der Waals surface area contributed by atoms with Crippen LogP contribution in [0.1, 0.15) is 11.3 Å². The molecule has 0 amide bonds. The lowest BCUT2D eigenvalue weighted by Crippen LogP contribution is -1.84. The molecule has 0 fully saturated rings. The standard InChI is InChI=1S/C10H9N3/c1-3-5-8(4-2)10-9(6-11)7-12-13-10/h3-5,7H,1-2H2,(H,12,13)/b8-5+. The van der Waals surface area contributed by atoms with Gasteiger partial charge in [0.25, 0.3) is 0 Å². The molecule has 64 valence electrons. The monoisotopic (exact) mass is 171 g/mol. The SMILES string of the molecule is C=C/C=C(\C=C)c1[nH]ncc1C#N. The van der Waals surface area contributed by atoms with E-state index in [0.29, 0.717) is 11.3 Å². The van der Waals surface area contributed by atoms with Gasteiger partial charge in [-0.2, -0.15) is 10.4 Å². The molecule has 0 atom stereocenters. The summed E-state index contributed by atoms with van der Waals surface area (Å²) in [5, 5.41) is 15.2. The highest BCUT2D eigenvalue weighted by Gasteiger charge is 2.05. The van der Waals surface area contributed by atoms with Gasteiger partial charge in [-0.1, -0.05) is 31.4 Å². The first kappa shape index (κ1) is 9.01. The first-order valence-electron chi connectivity index (χ1n) is 3.72. The summed E-state index contributed by atoms with van der Waals surface area (Å²) in [5.74, 6) is 0. The van der Waals surface area contributed by atoms with E-state index in [2.05, 4.69) is 23.4 Å². The minimum Gasteiger partial charge on any atom is -0.276 e. The third kappa shape index (κ3) is 1.74. The van der Waals surface area contributed by atoms with Crippen molar-refractivity contribution in [3.05, 3.63) is 48.8 Å².